The topological polar surface area (TPSA) is 29.0 Å². The molecule has 0 spiro atoms. The monoisotopic (exact) mass is 387 g/mol. The van der Waals surface area contributed by atoms with Crippen molar-refractivity contribution in [2.45, 2.75) is 24.8 Å². The average molecular weight is 388 g/mol. The Morgan fingerprint density at radius 3 is 2.11 bits per heavy atom. The van der Waals surface area contributed by atoms with Crippen molar-refractivity contribution in [2.75, 3.05) is 4.90 Å². The van der Waals surface area contributed by atoms with Crippen LogP contribution in [0.2, 0.25) is 0 Å². The zero-order chi connectivity index (χ0) is 19.4. The van der Waals surface area contributed by atoms with Crippen molar-refractivity contribution in [3.05, 3.63) is 108 Å². The first-order chi connectivity index (χ1) is 13.7. The van der Waals surface area contributed by atoms with Crippen LogP contribution in [0, 0.1) is 0 Å². The minimum absolute atomic E-state index is 0.0713. The van der Waals surface area contributed by atoms with Gasteiger partial charge >= 0.3 is 0 Å². The van der Waals surface area contributed by atoms with Crippen LogP contribution < -0.4 is 4.90 Å². The Morgan fingerprint density at radius 2 is 1.57 bits per heavy atom. The number of halogens is 1. The lowest BCUT2D eigenvalue weighted by Gasteiger charge is -2.45. The molecule has 0 bridgehead atoms. The van der Waals surface area contributed by atoms with Gasteiger partial charge in [-0.3, -0.25) is 9.97 Å². The summed E-state index contributed by atoms with van der Waals surface area (Å²) in [7, 11) is 0. The number of rotatable bonds is 5. The third-order valence-corrected chi connectivity index (χ3v) is 5.68. The van der Waals surface area contributed by atoms with Crippen molar-refractivity contribution in [1.29, 1.82) is 0 Å². The van der Waals surface area contributed by atoms with Crippen LogP contribution in [0.5, 0.6) is 0 Å². The van der Waals surface area contributed by atoms with E-state index in [1.54, 1.807) is 12.4 Å². The molecular weight excluding hydrogens is 366 g/mol. The molecule has 0 fully saturated rings. The molecular formula is C24H22ClN3. The van der Waals surface area contributed by atoms with Crippen LogP contribution in [0.15, 0.2) is 103 Å². The van der Waals surface area contributed by atoms with Crippen molar-refractivity contribution in [1.82, 2.24) is 9.97 Å². The minimum atomic E-state index is -0.279. The van der Waals surface area contributed by atoms with Gasteiger partial charge in [0.1, 0.15) is 0 Å². The van der Waals surface area contributed by atoms with Crippen molar-refractivity contribution < 1.29 is 0 Å². The molecule has 0 aliphatic heterocycles. The summed E-state index contributed by atoms with van der Waals surface area (Å²) >= 11 is 6.56. The Kier molecular flexibility index (Phi) is 5.27. The van der Waals surface area contributed by atoms with E-state index in [2.05, 4.69) is 70.3 Å². The molecule has 4 heteroatoms. The molecule has 4 rings (SSSR count). The van der Waals surface area contributed by atoms with Crippen LogP contribution in [-0.2, 0) is 5.41 Å². The van der Waals surface area contributed by atoms with E-state index in [0.29, 0.717) is 0 Å². The molecule has 0 radical (unpaired) electrons. The Bertz CT molecular complexity index is 931. The Morgan fingerprint density at radius 1 is 0.929 bits per heavy atom. The molecule has 28 heavy (non-hydrogen) atoms. The lowest BCUT2D eigenvalue weighted by Crippen LogP contribution is -2.47. The summed E-state index contributed by atoms with van der Waals surface area (Å²) in [6, 6.07) is 18.7. The van der Waals surface area contributed by atoms with Gasteiger partial charge in [0.05, 0.1) is 23.8 Å². The number of hydrogen-bond acceptors (Lipinski definition) is 3. The number of allylic oxidation sites excluding steroid dienone is 3. The van der Waals surface area contributed by atoms with Crippen molar-refractivity contribution in [2.24, 2.45) is 0 Å². The summed E-state index contributed by atoms with van der Waals surface area (Å²) in [5, 5.41) is 0.857. The average Bonchev–Trinajstić information content (AvgIpc) is 2.76. The molecule has 2 heterocycles. The molecule has 3 aromatic rings. The Labute approximate surface area is 171 Å². The van der Waals surface area contributed by atoms with Gasteiger partial charge in [0.15, 0.2) is 0 Å². The highest BCUT2D eigenvalue weighted by Gasteiger charge is 2.41. The number of anilines is 2. The molecule has 2 unspecified atom stereocenters. The van der Waals surface area contributed by atoms with Gasteiger partial charge in [-0.25, -0.2) is 0 Å². The lowest BCUT2D eigenvalue weighted by molar-refractivity contribution is 0.437. The van der Waals surface area contributed by atoms with E-state index in [9.17, 15) is 0 Å². The van der Waals surface area contributed by atoms with E-state index in [1.165, 1.54) is 5.56 Å². The van der Waals surface area contributed by atoms with Crippen LogP contribution in [0.4, 0.5) is 11.4 Å². The van der Waals surface area contributed by atoms with Gasteiger partial charge < -0.3 is 4.90 Å². The Balaban J connectivity index is 1.87. The molecule has 3 nitrogen and oxygen atoms in total. The van der Waals surface area contributed by atoms with Crippen LogP contribution in [0.1, 0.15) is 18.9 Å². The fourth-order valence-corrected chi connectivity index (χ4v) is 4.31. The first kappa shape index (κ1) is 18.5. The molecule has 0 amide bonds. The van der Waals surface area contributed by atoms with Crippen LogP contribution >= 0.6 is 11.6 Å². The normalized spacial score (nSPS) is 19.7. The summed E-state index contributed by atoms with van der Waals surface area (Å²) in [6.45, 7) is 2.24. The molecule has 0 saturated carbocycles. The molecule has 2 aromatic heterocycles. The zero-order valence-electron chi connectivity index (χ0n) is 15.7. The third-order valence-electron chi connectivity index (χ3n) is 5.42. The van der Waals surface area contributed by atoms with E-state index in [0.717, 1.165) is 22.8 Å². The molecule has 1 aliphatic rings. The smallest absolute Gasteiger partial charge is 0.0600 e. The number of hydrogen-bond donors (Lipinski definition) is 0. The molecule has 0 saturated heterocycles. The number of aromatic nitrogens is 2. The van der Waals surface area contributed by atoms with Crippen LogP contribution in [-0.4, -0.2) is 16.0 Å². The Hall–Kier alpha value is -2.91. The second-order valence-corrected chi connectivity index (χ2v) is 7.51. The summed E-state index contributed by atoms with van der Waals surface area (Å²) < 4.78 is 0. The minimum Gasteiger partial charge on any atom is -0.335 e. The maximum absolute atomic E-state index is 6.56. The molecule has 140 valence electrons. The molecule has 0 N–H and O–H groups in total. The second kappa shape index (κ2) is 7.99. The first-order valence-electron chi connectivity index (χ1n) is 9.39. The van der Waals surface area contributed by atoms with Crippen molar-refractivity contribution >= 4 is 23.0 Å². The predicted octanol–water partition coefficient (Wildman–Crippen LogP) is 6.02. The van der Waals surface area contributed by atoms with Gasteiger partial charge in [-0.1, -0.05) is 54.1 Å². The molecule has 1 aromatic carbocycles. The zero-order valence-corrected chi connectivity index (χ0v) is 16.5. The van der Waals surface area contributed by atoms with Gasteiger partial charge in [-0.15, -0.1) is 0 Å². The van der Waals surface area contributed by atoms with Crippen LogP contribution in [0.25, 0.3) is 0 Å². The first-order valence-corrected chi connectivity index (χ1v) is 9.77. The number of nitrogens with zero attached hydrogens (tertiary/aromatic N) is 3. The van der Waals surface area contributed by atoms with Crippen molar-refractivity contribution in [3.8, 4) is 0 Å². The standard InChI is InChI=1S/C24H22ClN3/c1-19(24(13-5-10-21(25)16-24)20-8-3-2-4-9-20)28(22-11-6-14-26-17-22)23-12-7-15-27-18-23/h2-15,17-19H,16H2,1H3. The molecule has 1 aliphatic carbocycles. The number of benzene rings is 1. The van der Waals surface area contributed by atoms with Crippen LogP contribution in [0.3, 0.4) is 0 Å². The number of pyridine rings is 2. The highest BCUT2D eigenvalue weighted by atomic mass is 35.5. The fourth-order valence-electron chi connectivity index (χ4n) is 4.02. The van der Waals surface area contributed by atoms with Gasteiger partial charge in [-0.2, -0.15) is 0 Å². The quantitative estimate of drug-likeness (QED) is 0.535. The predicted molar refractivity (Wildman–Crippen MR) is 116 cm³/mol. The fraction of sp³-hybridized carbons (Fsp3) is 0.167. The largest absolute Gasteiger partial charge is 0.335 e. The van der Waals surface area contributed by atoms with E-state index >= 15 is 0 Å². The highest BCUT2D eigenvalue weighted by Crippen LogP contribution is 2.44. The maximum atomic E-state index is 6.56. The van der Waals surface area contributed by atoms with Crippen molar-refractivity contribution in [3.63, 3.8) is 0 Å². The summed E-state index contributed by atoms with van der Waals surface area (Å²) in [5.41, 5.74) is 3.01. The van der Waals surface area contributed by atoms with Gasteiger partial charge in [-0.05, 0) is 49.2 Å². The van der Waals surface area contributed by atoms with E-state index < -0.39 is 0 Å². The van der Waals surface area contributed by atoms with E-state index in [4.69, 9.17) is 11.6 Å². The van der Waals surface area contributed by atoms with Gasteiger partial charge in [0.25, 0.3) is 0 Å². The van der Waals surface area contributed by atoms with E-state index in [1.807, 2.05) is 36.7 Å². The van der Waals surface area contributed by atoms with E-state index in [-0.39, 0.29) is 11.5 Å². The summed E-state index contributed by atoms with van der Waals surface area (Å²) in [6.07, 6.45) is 14.4. The van der Waals surface area contributed by atoms with Gasteiger partial charge in [0.2, 0.25) is 0 Å². The summed E-state index contributed by atoms with van der Waals surface area (Å²) in [5.74, 6) is 0. The third kappa shape index (κ3) is 3.46. The molecule has 2 atom stereocenters. The highest BCUT2D eigenvalue weighted by molar-refractivity contribution is 6.29. The summed E-state index contributed by atoms with van der Waals surface area (Å²) in [4.78, 5) is 11.0. The lowest BCUT2D eigenvalue weighted by atomic mass is 9.69. The second-order valence-electron chi connectivity index (χ2n) is 7.02. The van der Waals surface area contributed by atoms with Gasteiger partial charge in [0, 0.05) is 28.9 Å². The maximum Gasteiger partial charge on any atom is 0.0600 e. The SMILES string of the molecule is CC(N(c1cccnc1)c1cccnc1)C1(c2ccccc2)C=CC=C(Cl)C1.